The number of aliphatic hydroxyl groups excluding tert-OH is 3. The van der Waals surface area contributed by atoms with Gasteiger partial charge in [0.1, 0.15) is 76.7 Å². The summed E-state index contributed by atoms with van der Waals surface area (Å²) in [4.78, 5) is 116. The minimum absolute atomic E-state index is 0.0109. The molecule has 420 valence electrons. The highest BCUT2D eigenvalue weighted by Gasteiger charge is 2.36. The number of hydrogen-bond acceptors (Lipinski definition) is 23. The van der Waals surface area contributed by atoms with Crippen LogP contribution in [0, 0.1) is 12.8 Å². The number of nitrogens with two attached hydrogens (primary N) is 2. The summed E-state index contributed by atoms with van der Waals surface area (Å²) < 4.78 is 0. The van der Waals surface area contributed by atoms with E-state index in [2.05, 4.69) is 30.9 Å². The maximum atomic E-state index is 14.8. The number of phenols is 1. The van der Waals surface area contributed by atoms with E-state index in [1.807, 2.05) is 0 Å². The topological polar surface area (TPSA) is 362 Å². The van der Waals surface area contributed by atoms with Crippen molar-refractivity contribution in [2.75, 3.05) is 6.61 Å². The zero-order valence-corrected chi connectivity index (χ0v) is 48.0. The van der Waals surface area contributed by atoms with Crippen LogP contribution in [0.1, 0.15) is 117 Å². The van der Waals surface area contributed by atoms with Gasteiger partial charge in [0.05, 0.1) is 48.0 Å². The molecule has 0 spiro atoms. The molecule has 1 aliphatic heterocycles. The number of nitrogens with zero attached hydrogens (tertiary/aromatic N) is 7. The van der Waals surface area contributed by atoms with Gasteiger partial charge in [-0.1, -0.05) is 49.4 Å². The molecule has 82 heavy (non-hydrogen) atoms. The predicted molar refractivity (Wildman–Crippen MR) is 309 cm³/mol. The quantitative estimate of drug-likeness (QED) is 0.0663. The summed E-state index contributed by atoms with van der Waals surface area (Å²) in [5, 5.41) is 61.8. The van der Waals surface area contributed by atoms with Gasteiger partial charge < -0.3 is 47.8 Å². The van der Waals surface area contributed by atoms with E-state index in [0.717, 1.165) is 56.7 Å². The van der Waals surface area contributed by atoms with Gasteiger partial charge in [-0.3, -0.25) is 28.8 Å². The number of carbonyl (C=O) groups is 6. The molecular formula is C54H48N12O10S6. The standard InChI is InChI=1S/C54H48N12O10S6/c1-23(39(70)17-67)41-54-64-37(22-81-54)52-60-33(18-79-52)43-28(12-13-30(57-43)51-61-34(19-80-51)45(56)73)49-62-36(20-77-49)48(76)59-32(16-40(55)71)53-66-42(24(2)82-53)38(69)15-29(44(72)26-6-4-3-5-7-26)50-63-35(21-78-50)47(75)58-31(46(74)65-41)14-25-8-10-27(68)11-9-25/h3-13,18-23,29,31-32,39,41,44,67-68,70,72H,14-17H2,1-2H3,(H2,55,71)(H2,56,73)(H,58,75)(H,59,76)(H,65,74)/t23-,29-,31-,32-,39-,41-,44+/m0/s1. The molecular weight excluding hydrogens is 1170 g/mol. The number of pyridine rings is 1. The molecule has 8 heterocycles. The zero-order chi connectivity index (χ0) is 57.9. The first-order chi connectivity index (χ1) is 39.4. The fourth-order valence-electron chi connectivity index (χ4n) is 8.88. The average Bonchev–Trinajstić information content (AvgIpc) is 4.44. The summed E-state index contributed by atoms with van der Waals surface area (Å²) in [5.74, 6) is -6.06. The lowest BCUT2D eigenvalue weighted by Crippen LogP contribution is -2.50. The Morgan fingerprint density at radius 3 is 2.01 bits per heavy atom. The van der Waals surface area contributed by atoms with Crippen molar-refractivity contribution in [1.29, 1.82) is 0 Å². The van der Waals surface area contributed by atoms with Crippen LogP contribution in [-0.4, -0.2) is 109 Å². The third-order valence-corrected chi connectivity index (χ3v) is 18.9. The highest BCUT2D eigenvalue weighted by Crippen LogP contribution is 2.41. The van der Waals surface area contributed by atoms with Crippen LogP contribution in [0.25, 0.3) is 43.4 Å². The van der Waals surface area contributed by atoms with Gasteiger partial charge in [-0.15, -0.1) is 68.0 Å². The number of ketones is 1. The van der Waals surface area contributed by atoms with E-state index in [-0.39, 0.29) is 57.8 Å². The molecule has 2 aromatic carbocycles. The van der Waals surface area contributed by atoms with E-state index < -0.39 is 84.1 Å². The van der Waals surface area contributed by atoms with Crippen LogP contribution >= 0.6 is 68.0 Å². The highest BCUT2D eigenvalue weighted by atomic mass is 32.1. The van der Waals surface area contributed by atoms with Crippen molar-refractivity contribution < 1.29 is 49.2 Å². The number of thiazole rings is 6. The summed E-state index contributed by atoms with van der Waals surface area (Å²) in [6, 6.07) is 14.6. The van der Waals surface area contributed by atoms with E-state index in [4.69, 9.17) is 31.4 Å². The molecule has 0 fully saturated rings. The van der Waals surface area contributed by atoms with Crippen molar-refractivity contribution >= 4 is 103 Å². The van der Waals surface area contributed by atoms with Crippen LogP contribution in [-0.2, 0) is 16.0 Å². The van der Waals surface area contributed by atoms with Crippen LogP contribution in [0.4, 0.5) is 0 Å². The Balaban J connectivity index is 1.08. The molecule has 10 bridgehead atoms. The lowest BCUT2D eigenvalue weighted by Gasteiger charge is -2.28. The monoisotopic (exact) mass is 1220 g/mol. The fourth-order valence-corrected chi connectivity index (χ4v) is 14.2. The molecule has 7 aromatic heterocycles. The number of amides is 5. The van der Waals surface area contributed by atoms with Gasteiger partial charge in [0.25, 0.3) is 17.7 Å². The van der Waals surface area contributed by atoms with Gasteiger partial charge in [0.15, 0.2) is 5.78 Å². The second-order valence-electron chi connectivity index (χ2n) is 18.9. The molecule has 9 aromatic rings. The number of aliphatic hydroxyl groups is 3. The molecule has 0 saturated carbocycles. The number of carbonyl (C=O) groups excluding carboxylic acids is 6. The van der Waals surface area contributed by atoms with Crippen molar-refractivity contribution in [3.05, 3.63) is 147 Å². The highest BCUT2D eigenvalue weighted by molar-refractivity contribution is 7.15. The van der Waals surface area contributed by atoms with Gasteiger partial charge >= 0.3 is 0 Å². The summed E-state index contributed by atoms with van der Waals surface area (Å²) in [6.07, 6.45) is -3.48. The first kappa shape index (κ1) is 57.3. The zero-order valence-electron chi connectivity index (χ0n) is 43.1. The van der Waals surface area contributed by atoms with Crippen molar-refractivity contribution in [3.8, 4) is 49.1 Å². The Morgan fingerprint density at radius 1 is 0.659 bits per heavy atom. The number of primary amides is 2. The predicted octanol–water partition coefficient (Wildman–Crippen LogP) is 6.54. The van der Waals surface area contributed by atoms with E-state index in [0.29, 0.717) is 64.4 Å². The van der Waals surface area contributed by atoms with Crippen molar-refractivity contribution in [2.45, 2.75) is 69.4 Å². The summed E-state index contributed by atoms with van der Waals surface area (Å²) in [5.41, 5.74) is 14.1. The molecule has 7 atom stereocenters. The lowest BCUT2D eigenvalue weighted by atomic mass is 9.90. The molecule has 11 N–H and O–H groups in total. The molecule has 5 amide bonds. The van der Waals surface area contributed by atoms with E-state index in [9.17, 15) is 49.2 Å². The number of aryl methyl sites for hydroxylation is 1. The molecule has 0 saturated heterocycles. The molecule has 10 rings (SSSR count). The molecule has 28 heteroatoms. The fraction of sp³-hybridized carbons (Fsp3) is 0.241. The lowest BCUT2D eigenvalue weighted by molar-refractivity contribution is -0.124. The maximum absolute atomic E-state index is 14.8. The molecule has 1 aliphatic rings. The maximum Gasteiger partial charge on any atom is 0.271 e. The van der Waals surface area contributed by atoms with Crippen molar-refractivity contribution in [2.24, 2.45) is 17.4 Å². The smallest absolute Gasteiger partial charge is 0.271 e. The Morgan fingerprint density at radius 2 is 1.29 bits per heavy atom. The Kier molecular flexibility index (Phi) is 17.2. The summed E-state index contributed by atoms with van der Waals surface area (Å²) in [7, 11) is 0. The minimum Gasteiger partial charge on any atom is -0.508 e. The van der Waals surface area contributed by atoms with Crippen molar-refractivity contribution in [1.82, 2.24) is 50.8 Å². The van der Waals surface area contributed by atoms with Crippen LogP contribution in [0.5, 0.6) is 5.75 Å². The van der Waals surface area contributed by atoms with Gasteiger partial charge in [-0.25, -0.2) is 34.9 Å². The Labute approximate surface area is 490 Å². The number of phenolic OH excluding ortho intramolecular Hbond substituents is 1. The van der Waals surface area contributed by atoms with Crippen LogP contribution < -0.4 is 27.4 Å². The van der Waals surface area contributed by atoms with Crippen LogP contribution in [0.2, 0.25) is 0 Å². The second kappa shape index (κ2) is 24.7. The van der Waals surface area contributed by atoms with Crippen molar-refractivity contribution in [3.63, 3.8) is 0 Å². The van der Waals surface area contributed by atoms with Crippen LogP contribution in [0.15, 0.2) is 93.6 Å². The Hall–Kier alpha value is -7.93. The van der Waals surface area contributed by atoms with Gasteiger partial charge in [0.2, 0.25) is 11.8 Å². The first-order valence-electron chi connectivity index (χ1n) is 25.0. The Bertz CT molecular complexity index is 3860. The number of rotatable bonds is 11. The summed E-state index contributed by atoms with van der Waals surface area (Å²) >= 11 is 6.76. The second-order valence-corrected chi connectivity index (χ2v) is 24.5. The largest absolute Gasteiger partial charge is 0.508 e. The molecule has 0 aliphatic carbocycles. The van der Waals surface area contributed by atoms with Gasteiger partial charge in [-0.05, 0) is 42.3 Å². The SMILES string of the molecule is Cc1sc2nc1C(=O)C[C@@H]([C@H](O)c1ccccc1)c1nc(cs1)C(=O)N[C@@H](Cc1ccc(O)cc1)C(=O)N[C@@H]([C@@H](C)[C@@H](O)CO)c1nc(cs1)-c1nc(cs1)-c1nc(-c3nc(C(N)=O)cs3)ccc1-c1nc(cs1)C(=O)N[C@H]2CC(N)=O. The minimum atomic E-state index is -1.34. The number of aromatic hydroxyl groups is 1. The van der Waals surface area contributed by atoms with E-state index in [1.165, 1.54) is 39.6 Å². The number of fused-ring (bicyclic) bond motifs is 14. The number of benzene rings is 2. The van der Waals surface area contributed by atoms with E-state index in [1.54, 1.807) is 79.2 Å². The first-order valence-corrected chi connectivity index (χ1v) is 30.2. The average molecular weight is 1220 g/mol. The molecule has 0 radical (unpaired) electrons. The van der Waals surface area contributed by atoms with Crippen LogP contribution in [0.3, 0.4) is 0 Å². The number of nitrogens with one attached hydrogen (secondary N) is 3. The molecule has 22 nitrogen and oxygen atoms in total. The van der Waals surface area contributed by atoms with Gasteiger partial charge in [0, 0.05) is 62.0 Å². The summed E-state index contributed by atoms with van der Waals surface area (Å²) in [6.45, 7) is 2.63. The third-order valence-electron chi connectivity index (χ3n) is 13.3. The third kappa shape index (κ3) is 12.6. The molecule has 0 unspecified atom stereocenters. The number of Topliss-reactive ketones (excluding diaryl/α,β-unsaturated/α-hetero) is 1. The normalized spacial score (nSPS) is 18.2. The van der Waals surface area contributed by atoms with Gasteiger partial charge in [-0.2, -0.15) is 0 Å². The number of hydrogen-bond donors (Lipinski definition) is 9. The van der Waals surface area contributed by atoms with E-state index >= 15 is 0 Å². The number of aromatic nitrogens is 7.